The van der Waals surface area contributed by atoms with Gasteiger partial charge in [0.1, 0.15) is 18.1 Å². The molecule has 0 aromatic carbocycles. The fourth-order valence-electron chi connectivity index (χ4n) is 2.33. The van der Waals surface area contributed by atoms with E-state index < -0.39 is 54.5 Å². The summed E-state index contributed by atoms with van der Waals surface area (Å²) in [4.78, 5) is 47.8. The molecule has 0 saturated carbocycles. The number of amides is 3. The van der Waals surface area contributed by atoms with Gasteiger partial charge in [0.15, 0.2) is 0 Å². The molecule has 0 fully saturated rings. The molecule has 10 nitrogen and oxygen atoms in total. The zero-order valence-corrected chi connectivity index (χ0v) is 17.2. The summed E-state index contributed by atoms with van der Waals surface area (Å²) in [6.45, 7) is 8.00. The van der Waals surface area contributed by atoms with Crippen molar-refractivity contribution in [3.8, 4) is 0 Å². The number of hydrogen-bond donors (Lipinski definition) is 6. The average Bonchev–Trinajstić information content (AvgIpc) is 2.62. The Kier molecular flexibility index (Phi) is 11.3. The first-order chi connectivity index (χ1) is 12.9. The Bertz CT molecular complexity index is 554. The summed E-state index contributed by atoms with van der Waals surface area (Å²) < 4.78 is 0. The van der Waals surface area contributed by atoms with Gasteiger partial charge in [-0.05, 0) is 25.2 Å². The number of carboxylic acids is 1. The van der Waals surface area contributed by atoms with Crippen LogP contribution in [0.15, 0.2) is 0 Å². The predicted molar refractivity (Wildman–Crippen MR) is 103 cm³/mol. The van der Waals surface area contributed by atoms with Gasteiger partial charge in [-0.15, -0.1) is 0 Å². The first kappa shape index (κ1) is 25.8. The summed E-state index contributed by atoms with van der Waals surface area (Å²) in [6, 6.07) is -4.25. The van der Waals surface area contributed by atoms with Crippen molar-refractivity contribution in [3.05, 3.63) is 0 Å². The number of nitrogens with one attached hydrogen (secondary N) is 3. The summed E-state index contributed by atoms with van der Waals surface area (Å²) in [7, 11) is 0. The van der Waals surface area contributed by atoms with Crippen LogP contribution in [0.4, 0.5) is 0 Å². The van der Waals surface area contributed by atoms with Crippen LogP contribution in [-0.2, 0) is 19.2 Å². The molecule has 0 aliphatic carbocycles. The number of nitrogens with two attached hydrogens (primary N) is 1. The third-order valence-electron chi connectivity index (χ3n) is 4.44. The minimum absolute atomic E-state index is 0.0595. The lowest BCUT2D eigenvalue weighted by Gasteiger charge is -2.26. The number of carboxylic acid groups (broad SMARTS) is 1. The van der Waals surface area contributed by atoms with E-state index in [4.69, 9.17) is 10.8 Å². The second-order valence-electron chi connectivity index (χ2n) is 7.41. The van der Waals surface area contributed by atoms with Crippen molar-refractivity contribution in [2.45, 2.75) is 71.6 Å². The number of aliphatic carboxylic acids is 1. The second-order valence-corrected chi connectivity index (χ2v) is 7.41. The molecule has 0 heterocycles. The molecule has 0 aromatic heterocycles. The van der Waals surface area contributed by atoms with Gasteiger partial charge in [-0.3, -0.25) is 19.2 Å². The van der Waals surface area contributed by atoms with E-state index in [-0.39, 0.29) is 11.8 Å². The van der Waals surface area contributed by atoms with Gasteiger partial charge in [-0.25, -0.2) is 0 Å². The Hall–Kier alpha value is -2.20. The van der Waals surface area contributed by atoms with Crippen molar-refractivity contribution in [2.75, 3.05) is 6.61 Å². The second kappa shape index (κ2) is 12.3. The van der Waals surface area contributed by atoms with Crippen LogP contribution in [0.3, 0.4) is 0 Å². The monoisotopic (exact) mass is 402 g/mol. The number of hydrogen-bond acceptors (Lipinski definition) is 6. The quantitative estimate of drug-likeness (QED) is 0.242. The molecule has 0 saturated heterocycles. The van der Waals surface area contributed by atoms with E-state index in [9.17, 15) is 24.3 Å². The van der Waals surface area contributed by atoms with E-state index in [1.165, 1.54) is 6.92 Å². The number of rotatable bonds is 12. The molecule has 0 bridgehead atoms. The van der Waals surface area contributed by atoms with E-state index >= 15 is 0 Å². The number of carbonyl (C=O) groups is 4. The van der Waals surface area contributed by atoms with Crippen molar-refractivity contribution in [2.24, 2.45) is 17.6 Å². The van der Waals surface area contributed by atoms with Crippen LogP contribution in [0.5, 0.6) is 0 Å². The van der Waals surface area contributed by atoms with Gasteiger partial charge >= 0.3 is 5.97 Å². The molecule has 10 heteroatoms. The Morgan fingerprint density at radius 2 is 1.39 bits per heavy atom. The molecule has 28 heavy (non-hydrogen) atoms. The largest absolute Gasteiger partial charge is 0.480 e. The van der Waals surface area contributed by atoms with Crippen LogP contribution in [0, 0.1) is 11.8 Å². The van der Waals surface area contributed by atoms with Crippen molar-refractivity contribution < 1.29 is 29.4 Å². The Morgan fingerprint density at radius 1 is 0.893 bits per heavy atom. The zero-order chi connectivity index (χ0) is 22.0. The molecule has 3 amide bonds. The lowest BCUT2D eigenvalue weighted by Crippen LogP contribution is -2.58. The third-order valence-corrected chi connectivity index (χ3v) is 4.44. The molecular weight excluding hydrogens is 368 g/mol. The highest BCUT2D eigenvalue weighted by molar-refractivity contribution is 5.94. The third kappa shape index (κ3) is 8.66. The van der Waals surface area contributed by atoms with Gasteiger partial charge in [-0.1, -0.05) is 34.1 Å². The van der Waals surface area contributed by atoms with Gasteiger partial charge in [0.2, 0.25) is 17.7 Å². The smallest absolute Gasteiger partial charge is 0.325 e. The summed E-state index contributed by atoms with van der Waals surface area (Å²) in [5.41, 5.74) is 5.91. The molecule has 0 aromatic rings. The van der Waals surface area contributed by atoms with Crippen molar-refractivity contribution in [1.82, 2.24) is 16.0 Å². The van der Waals surface area contributed by atoms with Gasteiger partial charge < -0.3 is 31.9 Å². The molecule has 0 radical (unpaired) electrons. The normalized spacial score (nSPS) is 16.4. The van der Waals surface area contributed by atoms with E-state index in [2.05, 4.69) is 16.0 Å². The highest BCUT2D eigenvalue weighted by atomic mass is 16.4. The number of aliphatic hydroxyl groups excluding tert-OH is 1. The number of carbonyl (C=O) groups excluding carboxylic acids is 3. The molecule has 0 aliphatic rings. The lowest BCUT2D eigenvalue weighted by atomic mass is 9.97. The fourth-order valence-corrected chi connectivity index (χ4v) is 2.33. The van der Waals surface area contributed by atoms with Crippen LogP contribution in [0.25, 0.3) is 0 Å². The fraction of sp³-hybridized carbons (Fsp3) is 0.778. The molecule has 7 N–H and O–H groups in total. The van der Waals surface area contributed by atoms with Crippen LogP contribution >= 0.6 is 0 Å². The standard InChI is InChI=1S/C18H34N4O6/c1-6-10(4)14(19)17(26)21-12(7-9(2)3)15(24)22-13(8-23)16(25)20-11(5)18(27)28/h9-14,23H,6-8,19H2,1-5H3,(H,20,25)(H,21,26)(H,22,24)(H,27,28)/t10-,11-,12-,13-,14-/m0/s1. The summed E-state index contributed by atoms with van der Waals surface area (Å²) in [5, 5.41) is 25.4. The summed E-state index contributed by atoms with van der Waals surface area (Å²) in [5.74, 6) is -3.23. The van der Waals surface area contributed by atoms with E-state index in [0.29, 0.717) is 12.8 Å². The average molecular weight is 402 g/mol. The lowest BCUT2D eigenvalue weighted by molar-refractivity contribution is -0.142. The first-order valence-electron chi connectivity index (χ1n) is 9.44. The van der Waals surface area contributed by atoms with E-state index in [1.54, 1.807) is 0 Å². The van der Waals surface area contributed by atoms with Gasteiger partial charge in [-0.2, -0.15) is 0 Å². The molecule has 0 rings (SSSR count). The van der Waals surface area contributed by atoms with Crippen LogP contribution in [0.2, 0.25) is 0 Å². The first-order valence-corrected chi connectivity index (χ1v) is 9.44. The zero-order valence-electron chi connectivity index (χ0n) is 17.2. The van der Waals surface area contributed by atoms with Gasteiger partial charge in [0.25, 0.3) is 0 Å². The molecule has 162 valence electrons. The summed E-state index contributed by atoms with van der Waals surface area (Å²) in [6.07, 6.45) is 1.00. The maximum atomic E-state index is 12.6. The Morgan fingerprint density at radius 3 is 1.82 bits per heavy atom. The van der Waals surface area contributed by atoms with Crippen molar-refractivity contribution in [1.29, 1.82) is 0 Å². The molecule has 0 unspecified atom stereocenters. The highest BCUT2D eigenvalue weighted by Crippen LogP contribution is 2.09. The summed E-state index contributed by atoms with van der Waals surface area (Å²) >= 11 is 0. The maximum absolute atomic E-state index is 12.6. The highest BCUT2D eigenvalue weighted by Gasteiger charge is 2.30. The van der Waals surface area contributed by atoms with Gasteiger partial charge in [0.05, 0.1) is 12.6 Å². The molecule has 0 aliphatic heterocycles. The van der Waals surface area contributed by atoms with E-state index in [1.807, 2.05) is 27.7 Å². The van der Waals surface area contributed by atoms with E-state index in [0.717, 1.165) is 0 Å². The topological polar surface area (TPSA) is 171 Å². The molecular formula is C18H34N4O6. The van der Waals surface area contributed by atoms with Crippen molar-refractivity contribution >= 4 is 23.7 Å². The number of aliphatic hydroxyl groups is 1. The van der Waals surface area contributed by atoms with Crippen LogP contribution < -0.4 is 21.7 Å². The van der Waals surface area contributed by atoms with Gasteiger partial charge in [0, 0.05) is 0 Å². The Balaban J connectivity index is 5.15. The molecule has 5 atom stereocenters. The van der Waals surface area contributed by atoms with Crippen molar-refractivity contribution in [3.63, 3.8) is 0 Å². The SMILES string of the molecule is CC[C@H](C)[C@H](N)C(=O)N[C@@H](CC(C)C)C(=O)N[C@@H](CO)C(=O)N[C@@H](C)C(=O)O. The predicted octanol–water partition coefficient (Wildman–Crippen LogP) is -1.04. The minimum atomic E-state index is -1.34. The Labute approximate surface area is 165 Å². The minimum Gasteiger partial charge on any atom is -0.480 e. The molecule has 0 spiro atoms. The van der Waals surface area contributed by atoms with Crippen LogP contribution in [-0.4, -0.2) is 64.7 Å². The van der Waals surface area contributed by atoms with Crippen LogP contribution in [0.1, 0.15) is 47.5 Å². The maximum Gasteiger partial charge on any atom is 0.325 e.